The van der Waals surface area contributed by atoms with Crippen molar-refractivity contribution in [1.29, 1.82) is 0 Å². The van der Waals surface area contributed by atoms with E-state index in [1.165, 1.54) is 0 Å². The maximum atomic E-state index is 8.07. The first-order valence-corrected chi connectivity index (χ1v) is 10.2. The summed E-state index contributed by atoms with van der Waals surface area (Å²) in [5.41, 5.74) is 0. The molecule has 0 aromatic carbocycles. The van der Waals surface area contributed by atoms with Crippen molar-refractivity contribution in [3.8, 4) is 0 Å². The van der Waals surface area contributed by atoms with Crippen LogP contribution in [0.25, 0.3) is 0 Å². The van der Waals surface area contributed by atoms with E-state index < -0.39 is 0 Å². The molecule has 0 aromatic rings. The molecule has 24 heavy (non-hydrogen) atoms. The second-order valence-electron chi connectivity index (χ2n) is 6.21. The molecule has 0 aliphatic rings. The first kappa shape index (κ1) is 33.4. The molecule has 4 nitrogen and oxygen atoms in total. The van der Waals surface area contributed by atoms with Crippen molar-refractivity contribution in [3.05, 3.63) is 0 Å². The first-order chi connectivity index (χ1) is 10.5. The summed E-state index contributed by atoms with van der Waals surface area (Å²) in [7, 11) is 0. The maximum Gasteiger partial charge on any atom is 0.0988 e. The highest BCUT2D eigenvalue weighted by molar-refractivity contribution is 9.10. The highest BCUT2D eigenvalue weighted by Gasteiger charge is 2.12. The molecule has 0 fully saturated rings. The Morgan fingerprint density at radius 1 is 0.833 bits per heavy atom. The molecule has 0 rings (SSSR count). The van der Waals surface area contributed by atoms with Gasteiger partial charge in [-0.15, -0.1) is 17.0 Å². The molecule has 0 unspecified atom stereocenters. The molecular formula is C16H36Br4O4. The second kappa shape index (κ2) is 22.8. The van der Waals surface area contributed by atoms with Crippen molar-refractivity contribution in [2.75, 3.05) is 26.4 Å². The van der Waals surface area contributed by atoms with Gasteiger partial charge in [-0.25, -0.2) is 9.78 Å². The third-order valence-corrected chi connectivity index (χ3v) is 2.66. The van der Waals surface area contributed by atoms with Crippen molar-refractivity contribution < 1.29 is 18.7 Å². The van der Waals surface area contributed by atoms with Crippen LogP contribution in [-0.4, -0.2) is 40.2 Å². The summed E-state index contributed by atoms with van der Waals surface area (Å²) in [6.45, 7) is 14.6. The van der Waals surface area contributed by atoms with Crippen LogP contribution in [0.1, 0.15) is 67.2 Å². The number of halogens is 4. The van der Waals surface area contributed by atoms with E-state index >= 15 is 0 Å². The molecule has 0 amide bonds. The Bertz CT molecular complexity index is 217. The molecule has 152 valence electrons. The monoisotopic (exact) mass is 608 g/mol. The van der Waals surface area contributed by atoms with Crippen molar-refractivity contribution in [1.82, 2.24) is 0 Å². The molecule has 0 heterocycles. The highest BCUT2D eigenvalue weighted by atomic mass is 79.9. The molecule has 8 heteroatoms. The number of hydrogen-bond acceptors (Lipinski definition) is 4. The third-order valence-electron chi connectivity index (χ3n) is 1.98. The van der Waals surface area contributed by atoms with Crippen molar-refractivity contribution in [3.63, 3.8) is 0 Å². The van der Waals surface area contributed by atoms with Gasteiger partial charge < -0.3 is 8.93 Å². The van der Waals surface area contributed by atoms with Crippen LogP contribution in [0, 0.1) is 0 Å². The molecule has 0 saturated heterocycles. The van der Waals surface area contributed by atoms with Gasteiger partial charge in [0.05, 0.1) is 36.1 Å². The highest BCUT2D eigenvalue weighted by Crippen LogP contribution is 2.16. The minimum atomic E-state index is 0. The zero-order chi connectivity index (χ0) is 18.8. The van der Waals surface area contributed by atoms with Crippen LogP contribution < -0.4 is 0 Å². The summed E-state index contributed by atoms with van der Waals surface area (Å²) in [6.07, 6.45) is 4.24. The fourth-order valence-corrected chi connectivity index (χ4v) is 1.82. The number of alkyl halides is 2. The number of unbranched alkanes of at least 4 members (excludes halogenated alkanes) is 2. The van der Waals surface area contributed by atoms with Crippen LogP contribution in [-0.2, 0) is 13.6 Å². The van der Waals surface area contributed by atoms with Gasteiger partial charge in [-0.3, -0.25) is 0 Å². The smallest absolute Gasteiger partial charge is 0.0988 e. The Labute approximate surface area is 185 Å². The summed E-state index contributed by atoms with van der Waals surface area (Å²) >= 11 is 9.68. The van der Waals surface area contributed by atoms with Gasteiger partial charge in [-0.1, -0.05) is 58.5 Å². The molecule has 0 spiro atoms. The summed E-state index contributed by atoms with van der Waals surface area (Å²) in [6, 6.07) is 0. The van der Waals surface area contributed by atoms with Gasteiger partial charge in [0.25, 0.3) is 0 Å². The van der Waals surface area contributed by atoms with E-state index in [0.717, 1.165) is 25.7 Å². The third kappa shape index (κ3) is 49.6. The Morgan fingerprint density at radius 2 is 1.29 bits per heavy atom. The lowest BCUT2D eigenvalue weighted by atomic mass is 10.2. The van der Waals surface area contributed by atoms with Crippen molar-refractivity contribution in [2.24, 2.45) is 0 Å². The molecule has 0 aliphatic carbocycles. The second-order valence-corrected chi connectivity index (χ2v) is 11.0. The lowest BCUT2D eigenvalue weighted by Crippen LogP contribution is -2.18. The largest absolute Gasteiger partial charge is 0.396 e. The lowest BCUT2D eigenvalue weighted by Gasteiger charge is -2.14. The average molecular weight is 612 g/mol. The molecule has 1 N–H and O–H groups in total. The zero-order valence-corrected chi connectivity index (χ0v) is 22.3. The van der Waals surface area contributed by atoms with Gasteiger partial charge in [-0.2, -0.15) is 0 Å². The van der Waals surface area contributed by atoms with E-state index in [0.29, 0.717) is 26.4 Å². The quantitative estimate of drug-likeness (QED) is 0.128. The van der Waals surface area contributed by atoms with Gasteiger partial charge in [0.15, 0.2) is 0 Å². The fourth-order valence-electron chi connectivity index (χ4n) is 0.732. The fraction of sp³-hybridized carbons (Fsp3) is 1.00. The lowest BCUT2D eigenvalue weighted by molar-refractivity contribution is -0.297. The van der Waals surface area contributed by atoms with Crippen molar-refractivity contribution in [2.45, 2.75) is 75.9 Å². The minimum absolute atomic E-state index is 0. The standard InChI is InChI=1S/C8H17BrO2.C4H8Br2O.C4H10O.BrH/c1-4-5-6-10-11-7-8(2,3)9;1-4(2,5)3-7-6;1-2-3-4-5;/h4-7H2,1-3H3;3H2,1-2H3;5H,2-4H2,1H3;1H. The maximum absolute atomic E-state index is 8.07. The van der Waals surface area contributed by atoms with E-state index in [2.05, 4.69) is 65.8 Å². The van der Waals surface area contributed by atoms with Crippen LogP contribution in [0.5, 0.6) is 0 Å². The Morgan fingerprint density at radius 3 is 1.50 bits per heavy atom. The van der Waals surface area contributed by atoms with E-state index in [9.17, 15) is 0 Å². The minimum Gasteiger partial charge on any atom is -0.396 e. The average Bonchev–Trinajstić information content (AvgIpc) is 2.38. The molecule has 0 bridgehead atoms. The van der Waals surface area contributed by atoms with Crippen LogP contribution >= 0.6 is 65.1 Å². The van der Waals surface area contributed by atoms with Gasteiger partial charge in [-0.05, 0) is 40.5 Å². The van der Waals surface area contributed by atoms with E-state index in [4.69, 9.17) is 14.9 Å². The summed E-state index contributed by atoms with van der Waals surface area (Å²) in [4.78, 5) is 9.87. The number of aliphatic hydroxyl groups is 1. The predicted molar refractivity (Wildman–Crippen MR) is 120 cm³/mol. The molecule has 0 atom stereocenters. The van der Waals surface area contributed by atoms with E-state index in [-0.39, 0.29) is 25.6 Å². The number of aliphatic hydroxyl groups excluding tert-OH is 1. The molecular weight excluding hydrogens is 576 g/mol. The van der Waals surface area contributed by atoms with Crippen LogP contribution in [0.15, 0.2) is 0 Å². The first-order valence-electron chi connectivity index (χ1n) is 8.00. The van der Waals surface area contributed by atoms with Crippen LogP contribution in [0.2, 0.25) is 0 Å². The van der Waals surface area contributed by atoms with Crippen LogP contribution in [0.4, 0.5) is 0 Å². The van der Waals surface area contributed by atoms with Crippen LogP contribution in [0.3, 0.4) is 0 Å². The Hall–Kier alpha value is 1.76. The SMILES string of the molecule is Br.CC(C)(Br)COBr.CCCCO.CCCCOOCC(C)(C)Br. The molecule has 0 aliphatic heterocycles. The molecule has 0 saturated carbocycles. The topological polar surface area (TPSA) is 47.9 Å². The summed E-state index contributed by atoms with van der Waals surface area (Å²) in [5.74, 6) is 0. The number of rotatable bonds is 10. The summed E-state index contributed by atoms with van der Waals surface area (Å²) < 4.78 is 4.78. The Balaban J connectivity index is -0.000000133. The van der Waals surface area contributed by atoms with Gasteiger partial charge in [0, 0.05) is 15.3 Å². The van der Waals surface area contributed by atoms with E-state index in [1.54, 1.807) is 0 Å². The zero-order valence-electron chi connectivity index (χ0n) is 15.9. The predicted octanol–water partition coefficient (Wildman–Crippen LogP) is 6.75. The summed E-state index contributed by atoms with van der Waals surface area (Å²) in [5, 5.41) is 8.07. The molecule has 0 radical (unpaired) electrons. The van der Waals surface area contributed by atoms with Gasteiger partial charge in [0.1, 0.15) is 0 Å². The normalized spacial score (nSPS) is 10.8. The van der Waals surface area contributed by atoms with E-state index in [1.807, 2.05) is 27.7 Å². The van der Waals surface area contributed by atoms with Gasteiger partial charge >= 0.3 is 0 Å². The number of hydrogen-bond donors (Lipinski definition) is 1. The van der Waals surface area contributed by atoms with Gasteiger partial charge in [0.2, 0.25) is 0 Å². The Kier molecular flexibility index (Phi) is 31.7. The van der Waals surface area contributed by atoms with Crippen molar-refractivity contribution >= 4 is 65.1 Å². The molecule has 0 aromatic heterocycles.